The average Bonchev–Trinajstić information content (AvgIpc) is 2.73. The number of thiocarbonyl (C=S) groups is 1. The van der Waals surface area contributed by atoms with Crippen molar-refractivity contribution in [3.8, 4) is 0 Å². The molecule has 0 atom stereocenters. The van der Waals surface area contributed by atoms with Gasteiger partial charge in [-0.15, -0.1) is 0 Å². The van der Waals surface area contributed by atoms with Crippen LogP contribution in [-0.4, -0.2) is 60.0 Å². The van der Waals surface area contributed by atoms with Gasteiger partial charge in [0.1, 0.15) is 0 Å². The second-order valence-corrected chi connectivity index (χ2v) is 7.24. The van der Waals surface area contributed by atoms with Gasteiger partial charge in [0.05, 0.1) is 11.3 Å². The number of para-hydroxylation sites is 1. The van der Waals surface area contributed by atoms with Gasteiger partial charge in [0.2, 0.25) is 5.91 Å². The molecule has 2 N–H and O–H groups in total. The normalized spacial score (nSPS) is 14.6. The molecule has 1 aliphatic rings. The lowest BCUT2D eigenvalue weighted by Gasteiger charge is -2.32. The van der Waals surface area contributed by atoms with Gasteiger partial charge in [0, 0.05) is 32.3 Å². The van der Waals surface area contributed by atoms with Crippen molar-refractivity contribution < 1.29 is 9.59 Å². The molecule has 0 bridgehead atoms. The highest BCUT2D eigenvalue weighted by Crippen LogP contribution is 2.18. The van der Waals surface area contributed by atoms with Crippen molar-refractivity contribution in [3.63, 3.8) is 0 Å². The van der Waals surface area contributed by atoms with E-state index in [4.69, 9.17) is 12.2 Å². The Morgan fingerprint density at radius 2 is 1.62 bits per heavy atom. The van der Waals surface area contributed by atoms with Gasteiger partial charge in [-0.1, -0.05) is 42.5 Å². The van der Waals surface area contributed by atoms with E-state index in [1.807, 2.05) is 54.4 Å². The van der Waals surface area contributed by atoms with Crippen LogP contribution in [0.5, 0.6) is 0 Å². The molecule has 0 spiro atoms. The largest absolute Gasteiger partial charge is 0.336 e. The fraction of sp³-hybridized carbons (Fsp3) is 0.227. The molecule has 7 heteroatoms. The lowest BCUT2D eigenvalue weighted by Crippen LogP contribution is -2.47. The molecule has 0 aromatic heterocycles. The van der Waals surface area contributed by atoms with Crippen molar-refractivity contribution in [1.29, 1.82) is 0 Å². The van der Waals surface area contributed by atoms with E-state index in [9.17, 15) is 9.59 Å². The number of rotatable bonds is 4. The first-order valence-electron chi connectivity index (χ1n) is 9.45. The number of nitrogens with one attached hydrogen (secondary N) is 2. The Balaban J connectivity index is 1.61. The van der Waals surface area contributed by atoms with Gasteiger partial charge in [-0.3, -0.25) is 14.9 Å². The van der Waals surface area contributed by atoms with Gasteiger partial charge in [-0.25, -0.2) is 0 Å². The minimum atomic E-state index is -0.339. The van der Waals surface area contributed by atoms with Crippen molar-refractivity contribution >= 4 is 40.9 Å². The Morgan fingerprint density at radius 3 is 2.34 bits per heavy atom. The van der Waals surface area contributed by atoms with Crippen molar-refractivity contribution in [1.82, 2.24) is 15.1 Å². The summed E-state index contributed by atoms with van der Waals surface area (Å²) in [5, 5.41) is 5.73. The first-order valence-corrected chi connectivity index (χ1v) is 9.86. The topological polar surface area (TPSA) is 64.7 Å². The number of piperazine rings is 1. The highest BCUT2D eigenvalue weighted by atomic mass is 32.1. The van der Waals surface area contributed by atoms with Crippen LogP contribution >= 0.6 is 12.2 Å². The first-order chi connectivity index (χ1) is 14.0. The number of carbonyl (C=O) groups excluding carboxylic acids is 2. The average molecular weight is 409 g/mol. The third-order valence-corrected chi connectivity index (χ3v) is 4.86. The summed E-state index contributed by atoms with van der Waals surface area (Å²) >= 11 is 5.25. The molecule has 1 saturated heterocycles. The van der Waals surface area contributed by atoms with Gasteiger partial charge in [-0.05, 0) is 43.0 Å². The molecule has 0 saturated carbocycles. The molecule has 150 valence electrons. The number of likely N-dealkylation sites (N-methyl/N-ethyl adjacent to an activating group) is 1. The molecule has 2 aromatic carbocycles. The van der Waals surface area contributed by atoms with Crippen LogP contribution in [0.25, 0.3) is 6.08 Å². The molecule has 0 radical (unpaired) electrons. The van der Waals surface area contributed by atoms with Gasteiger partial charge in [0.25, 0.3) is 5.91 Å². The molecular formula is C22H24N4O2S. The molecule has 6 nitrogen and oxygen atoms in total. The highest BCUT2D eigenvalue weighted by molar-refractivity contribution is 7.80. The highest BCUT2D eigenvalue weighted by Gasteiger charge is 2.22. The van der Waals surface area contributed by atoms with E-state index in [1.165, 1.54) is 6.08 Å². The summed E-state index contributed by atoms with van der Waals surface area (Å²) in [5.41, 5.74) is 2.03. The zero-order valence-electron chi connectivity index (χ0n) is 16.3. The molecule has 3 rings (SSSR count). The number of nitrogens with zero attached hydrogens (tertiary/aromatic N) is 2. The van der Waals surface area contributed by atoms with Crippen molar-refractivity contribution in [2.45, 2.75) is 0 Å². The Hall–Kier alpha value is -3.03. The van der Waals surface area contributed by atoms with Crippen molar-refractivity contribution in [2.75, 3.05) is 38.5 Å². The van der Waals surface area contributed by atoms with Crippen molar-refractivity contribution in [3.05, 3.63) is 71.8 Å². The van der Waals surface area contributed by atoms with Gasteiger partial charge < -0.3 is 15.1 Å². The molecule has 29 heavy (non-hydrogen) atoms. The molecular weight excluding hydrogens is 384 g/mol. The Morgan fingerprint density at radius 1 is 0.966 bits per heavy atom. The van der Waals surface area contributed by atoms with Crippen LogP contribution < -0.4 is 10.6 Å². The van der Waals surface area contributed by atoms with E-state index in [0.29, 0.717) is 24.3 Å². The maximum absolute atomic E-state index is 12.9. The fourth-order valence-corrected chi connectivity index (χ4v) is 3.21. The Bertz CT molecular complexity index is 906. The predicted molar refractivity (Wildman–Crippen MR) is 120 cm³/mol. The molecule has 0 aliphatic carbocycles. The van der Waals surface area contributed by atoms with Crippen LogP contribution in [0.4, 0.5) is 5.69 Å². The summed E-state index contributed by atoms with van der Waals surface area (Å²) < 4.78 is 0. The number of carbonyl (C=O) groups is 2. The number of amides is 2. The summed E-state index contributed by atoms with van der Waals surface area (Å²) in [6, 6.07) is 16.7. The van der Waals surface area contributed by atoms with E-state index in [-0.39, 0.29) is 16.9 Å². The summed E-state index contributed by atoms with van der Waals surface area (Å²) in [5.74, 6) is -0.381. The van der Waals surface area contributed by atoms with E-state index in [1.54, 1.807) is 18.2 Å². The first kappa shape index (κ1) is 20.7. The zero-order chi connectivity index (χ0) is 20.6. The van der Waals surface area contributed by atoms with E-state index < -0.39 is 0 Å². The van der Waals surface area contributed by atoms with E-state index in [2.05, 4.69) is 15.5 Å². The molecule has 1 heterocycles. The van der Waals surface area contributed by atoms with Gasteiger partial charge in [0.15, 0.2) is 5.11 Å². The SMILES string of the molecule is CN1CCN(C(=O)c2ccccc2NC(=S)NC(=O)C=Cc2ccccc2)CC1. The Kier molecular flexibility index (Phi) is 7.10. The molecule has 2 aromatic rings. The molecule has 0 unspecified atom stereocenters. The van der Waals surface area contributed by atoms with E-state index >= 15 is 0 Å². The molecule has 1 fully saturated rings. The minimum absolute atomic E-state index is 0.0423. The number of hydrogen-bond acceptors (Lipinski definition) is 4. The summed E-state index contributed by atoms with van der Waals surface area (Å²) in [6.07, 6.45) is 3.13. The quantitative estimate of drug-likeness (QED) is 0.601. The summed E-state index contributed by atoms with van der Waals surface area (Å²) in [7, 11) is 2.05. The predicted octanol–water partition coefficient (Wildman–Crippen LogP) is 2.60. The summed E-state index contributed by atoms with van der Waals surface area (Å²) in [4.78, 5) is 29.1. The second kappa shape index (κ2) is 9.95. The standard InChI is InChI=1S/C22H24N4O2S/c1-25-13-15-26(16-14-25)21(28)18-9-5-6-10-19(18)23-22(29)24-20(27)12-11-17-7-3-2-4-8-17/h2-12H,13-16H2,1H3,(H2,23,24,27,29). The van der Waals surface area contributed by atoms with Crippen LogP contribution in [0.1, 0.15) is 15.9 Å². The third-order valence-electron chi connectivity index (χ3n) is 4.66. The molecule has 2 amide bonds. The van der Waals surface area contributed by atoms with Crippen LogP contribution in [0.2, 0.25) is 0 Å². The zero-order valence-corrected chi connectivity index (χ0v) is 17.1. The second-order valence-electron chi connectivity index (χ2n) is 6.83. The third kappa shape index (κ3) is 5.97. The monoisotopic (exact) mass is 408 g/mol. The van der Waals surface area contributed by atoms with Gasteiger partial charge >= 0.3 is 0 Å². The maximum atomic E-state index is 12.9. The van der Waals surface area contributed by atoms with Crippen molar-refractivity contribution in [2.24, 2.45) is 0 Å². The smallest absolute Gasteiger partial charge is 0.256 e. The maximum Gasteiger partial charge on any atom is 0.256 e. The Labute approximate surface area is 176 Å². The van der Waals surface area contributed by atoms with Crippen LogP contribution in [0.3, 0.4) is 0 Å². The number of anilines is 1. The molecule has 1 aliphatic heterocycles. The fourth-order valence-electron chi connectivity index (χ4n) is 3.00. The number of benzene rings is 2. The lowest BCUT2D eigenvalue weighted by atomic mass is 10.1. The van der Waals surface area contributed by atoms with Crippen LogP contribution in [0.15, 0.2) is 60.7 Å². The lowest BCUT2D eigenvalue weighted by molar-refractivity contribution is -0.115. The van der Waals surface area contributed by atoms with E-state index in [0.717, 1.165) is 18.7 Å². The summed E-state index contributed by atoms with van der Waals surface area (Å²) in [6.45, 7) is 3.08. The van der Waals surface area contributed by atoms with Crippen LogP contribution in [-0.2, 0) is 4.79 Å². The number of hydrogen-bond donors (Lipinski definition) is 2. The minimum Gasteiger partial charge on any atom is -0.336 e. The van der Waals surface area contributed by atoms with Gasteiger partial charge in [-0.2, -0.15) is 0 Å². The van der Waals surface area contributed by atoms with Crippen LogP contribution in [0, 0.1) is 0 Å².